The molecule has 0 unspecified atom stereocenters. The zero-order chi connectivity index (χ0) is 23.8. The summed E-state index contributed by atoms with van der Waals surface area (Å²) in [5.74, 6) is -1.61. The van der Waals surface area contributed by atoms with Gasteiger partial charge in [0.15, 0.2) is 16.4 Å². The third kappa shape index (κ3) is 7.76. The Morgan fingerprint density at radius 3 is 2.39 bits per heavy atom. The number of para-hydroxylation sites is 1. The first-order chi connectivity index (χ1) is 15.7. The lowest BCUT2D eigenvalue weighted by molar-refractivity contribution is -0.145. The molecule has 1 heterocycles. The molecule has 1 aliphatic rings. The van der Waals surface area contributed by atoms with Crippen LogP contribution in [0.4, 0.5) is 11.4 Å². The van der Waals surface area contributed by atoms with Gasteiger partial charge in [0.05, 0.1) is 29.1 Å². The Labute approximate surface area is 201 Å². The fraction of sp³-hybridized carbons (Fsp3) is 0.318. The highest BCUT2D eigenvalue weighted by molar-refractivity contribution is 8.00. The number of ether oxygens (including phenoxy) is 1. The smallest absolute Gasteiger partial charge is 0.316 e. The van der Waals surface area contributed by atoms with Gasteiger partial charge in [-0.1, -0.05) is 29.8 Å². The Hall–Kier alpha value is -2.56. The molecule has 176 valence electrons. The minimum Gasteiger partial charge on any atom is -0.455 e. The number of nitrogens with one attached hydrogen (secondary N) is 1. The molecule has 0 radical (unpaired) electrons. The van der Waals surface area contributed by atoms with Crippen molar-refractivity contribution in [3.05, 3.63) is 59.6 Å². The molecule has 1 aliphatic heterocycles. The maximum absolute atomic E-state index is 12.8. The van der Waals surface area contributed by atoms with Crippen LogP contribution < -0.4 is 10.2 Å². The molecule has 2 aromatic rings. The van der Waals surface area contributed by atoms with Crippen LogP contribution in [0.2, 0.25) is 5.02 Å². The Kier molecular flexibility index (Phi) is 8.76. The largest absolute Gasteiger partial charge is 0.455 e. The van der Waals surface area contributed by atoms with Crippen LogP contribution in [0.3, 0.4) is 0 Å². The molecule has 1 atom stereocenters. The SMILES string of the molecule is O=C(CSCC(=O)OCC(=O)N(c1ccccc1)[C@@H]1CCS(=O)(=O)C1)Nc1ccc(Cl)cc1. The molecule has 1 saturated heterocycles. The Balaban J connectivity index is 1.47. The molecular formula is C22H23ClN2O6S2. The number of halogens is 1. The van der Waals surface area contributed by atoms with Crippen molar-refractivity contribution >= 4 is 62.4 Å². The molecule has 1 fully saturated rings. The maximum atomic E-state index is 12.8. The van der Waals surface area contributed by atoms with Crippen molar-refractivity contribution in [2.24, 2.45) is 0 Å². The van der Waals surface area contributed by atoms with Gasteiger partial charge in [0.25, 0.3) is 5.91 Å². The summed E-state index contributed by atoms with van der Waals surface area (Å²) >= 11 is 6.86. The van der Waals surface area contributed by atoms with Gasteiger partial charge in [-0.2, -0.15) is 0 Å². The van der Waals surface area contributed by atoms with Crippen molar-refractivity contribution in [3.63, 3.8) is 0 Å². The van der Waals surface area contributed by atoms with E-state index in [1.165, 1.54) is 4.90 Å². The molecule has 1 N–H and O–H groups in total. The van der Waals surface area contributed by atoms with Gasteiger partial charge in [0.2, 0.25) is 5.91 Å². The fourth-order valence-electron chi connectivity index (χ4n) is 3.34. The van der Waals surface area contributed by atoms with E-state index in [4.69, 9.17) is 16.3 Å². The van der Waals surface area contributed by atoms with Gasteiger partial charge in [0.1, 0.15) is 0 Å². The van der Waals surface area contributed by atoms with Crippen LogP contribution in [-0.2, 0) is 29.0 Å². The van der Waals surface area contributed by atoms with Crippen molar-refractivity contribution in [1.29, 1.82) is 0 Å². The predicted octanol–water partition coefficient (Wildman–Crippen LogP) is 2.78. The van der Waals surface area contributed by atoms with E-state index in [1.54, 1.807) is 54.6 Å². The first-order valence-electron chi connectivity index (χ1n) is 10.1. The number of hydrogen-bond donors (Lipinski definition) is 1. The van der Waals surface area contributed by atoms with Crippen molar-refractivity contribution in [3.8, 4) is 0 Å². The number of carbonyl (C=O) groups excluding carboxylic acids is 3. The highest BCUT2D eigenvalue weighted by Crippen LogP contribution is 2.24. The number of carbonyl (C=O) groups is 3. The molecule has 0 bridgehead atoms. The second-order valence-corrected chi connectivity index (χ2v) is 11.0. The quantitative estimate of drug-likeness (QED) is 0.516. The van der Waals surface area contributed by atoms with Crippen LogP contribution in [0.1, 0.15) is 6.42 Å². The maximum Gasteiger partial charge on any atom is 0.316 e. The minimum atomic E-state index is -3.21. The van der Waals surface area contributed by atoms with Gasteiger partial charge in [-0.25, -0.2) is 8.42 Å². The van der Waals surface area contributed by atoms with Crippen LogP contribution in [-0.4, -0.2) is 61.9 Å². The van der Waals surface area contributed by atoms with Gasteiger partial charge in [-0.3, -0.25) is 14.4 Å². The Morgan fingerprint density at radius 1 is 1.06 bits per heavy atom. The Morgan fingerprint density at radius 2 is 1.76 bits per heavy atom. The molecule has 0 aromatic heterocycles. The van der Waals surface area contributed by atoms with Crippen molar-refractivity contribution in [2.45, 2.75) is 12.5 Å². The van der Waals surface area contributed by atoms with E-state index in [2.05, 4.69) is 5.32 Å². The van der Waals surface area contributed by atoms with Crippen LogP contribution >= 0.6 is 23.4 Å². The number of sulfone groups is 1. The average molecular weight is 511 g/mol. The monoisotopic (exact) mass is 510 g/mol. The summed E-state index contributed by atoms with van der Waals surface area (Å²) in [5.41, 5.74) is 1.14. The molecule has 11 heteroatoms. The van der Waals surface area contributed by atoms with Crippen LogP contribution in [0, 0.1) is 0 Å². The summed E-state index contributed by atoms with van der Waals surface area (Å²) < 4.78 is 28.9. The van der Waals surface area contributed by atoms with Crippen LogP contribution in [0.25, 0.3) is 0 Å². The number of rotatable bonds is 9. The van der Waals surface area contributed by atoms with Gasteiger partial charge in [0, 0.05) is 16.4 Å². The normalized spacial score (nSPS) is 16.7. The number of nitrogens with zero attached hydrogens (tertiary/aromatic N) is 1. The van der Waals surface area contributed by atoms with E-state index in [0.29, 0.717) is 22.8 Å². The first kappa shape index (κ1) is 25.1. The van der Waals surface area contributed by atoms with E-state index in [0.717, 1.165) is 11.8 Å². The molecule has 0 saturated carbocycles. The van der Waals surface area contributed by atoms with E-state index in [1.807, 2.05) is 0 Å². The van der Waals surface area contributed by atoms with Gasteiger partial charge >= 0.3 is 5.97 Å². The topological polar surface area (TPSA) is 110 Å². The molecule has 2 amide bonds. The first-order valence-corrected chi connectivity index (χ1v) is 13.5. The fourth-order valence-corrected chi connectivity index (χ4v) is 5.77. The molecule has 0 spiro atoms. The predicted molar refractivity (Wildman–Crippen MR) is 129 cm³/mol. The zero-order valence-corrected chi connectivity index (χ0v) is 20.0. The lowest BCUT2D eigenvalue weighted by Crippen LogP contribution is -2.43. The van der Waals surface area contributed by atoms with Gasteiger partial charge in [-0.15, -0.1) is 11.8 Å². The lowest BCUT2D eigenvalue weighted by atomic mass is 10.2. The lowest BCUT2D eigenvalue weighted by Gasteiger charge is -2.28. The number of esters is 1. The van der Waals surface area contributed by atoms with E-state index in [9.17, 15) is 22.8 Å². The van der Waals surface area contributed by atoms with Crippen molar-refractivity contribution in [1.82, 2.24) is 0 Å². The second kappa shape index (κ2) is 11.5. The summed E-state index contributed by atoms with van der Waals surface area (Å²) in [6.07, 6.45) is 0.329. The molecule has 3 rings (SSSR count). The third-order valence-electron chi connectivity index (χ3n) is 4.81. The van der Waals surface area contributed by atoms with E-state index < -0.39 is 34.4 Å². The second-order valence-electron chi connectivity index (χ2n) is 7.36. The standard InChI is InChI=1S/C22H23ClN2O6S2/c23-16-6-8-17(9-7-16)24-20(26)13-32-14-22(28)31-12-21(27)25(18-4-2-1-3-5-18)19-10-11-33(29,30)15-19/h1-9,19H,10-15H2,(H,24,26)/t19-/m1/s1. The van der Waals surface area contributed by atoms with Gasteiger partial charge < -0.3 is 15.0 Å². The summed E-state index contributed by atoms with van der Waals surface area (Å²) in [5, 5.41) is 3.24. The summed E-state index contributed by atoms with van der Waals surface area (Å²) in [7, 11) is -3.21. The highest BCUT2D eigenvalue weighted by atomic mass is 35.5. The number of hydrogen-bond acceptors (Lipinski definition) is 7. The van der Waals surface area contributed by atoms with Crippen LogP contribution in [0.5, 0.6) is 0 Å². The summed E-state index contributed by atoms with van der Waals surface area (Å²) in [6.45, 7) is -0.512. The van der Waals surface area contributed by atoms with Crippen molar-refractivity contribution in [2.75, 3.05) is 39.8 Å². The number of benzene rings is 2. The number of amides is 2. The van der Waals surface area contributed by atoms with E-state index >= 15 is 0 Å². The van der Waals surface area contributed by atoms with Crippen LogP contribution in [0.15, 0.2) is 54.6 Å². The van der Waals surface area contributed by atoms with Gasteiger partial charge in [-0.05, 0) is 42.8 Å². The summed E-state index contributed by atoms with van der Waals surface area (Å²) in [6, 6.07) is 14.8. The molecule has 33 heavy (non-hydrogen) atoms. The molecule has 2 aromatic carbocycles. The molecule has 8 nitrogen and oxygen atoms in total. The number of anilines is 2. The molecule has 0 aliphatic carbocycles. The van der Waals surface area contributed by atoms with E-state index in [-0.39, 0.29) is 28.9 Å². The molecular weight excluding hydrogens is 488 g/mol. The highest BCUT2D eigenvalue weighted by Gasteiger charge is 2.35. The minimum absolute atomic E-state index is 0.0167. The van der Waals surface area contributed by atoms with Crippen molar-refractivity contribution < 1.29 is 27.5 Å². The summed E-state index contributed by atoms with van der Waals surface area (Å²) in [4.78, 5) is 38.2. The Bertz CT molecular complexity index is 1090. The third-order valence-corrected chi connectivity index (χ3v) is 7.72. The average Bonchev–Trinajstić information content (AvgIpc) is 3.14. The zero-order valence-electron chi connectivity index (χ0n) is 17.6. The number of thioether (sulfide) groups is 1.